The molecule has 0 heterocycles. The van der Waals surface area contributed by atoms with E-state index in [1.807, 2.05) is 11.9 Å². The van der Waals surface area contributed by atoms with E-state index in [0.717, 1.165) is 18.6 Å². The lowest BCUT2D eigenvalue weighted by Gasteiger charge is -2.23. The Hall–Kier alpha value is -0.890. The molecule has 1 rings (SSSR count). The predicted octanol–water partition coefficient (Wildman–Crippen LogP) is 2.07. The molecule has 5 nitrogen and oxygen atoms in total. The second kappa shape index (κ2) is 7.40. The monoisotopic (exact) mass is 337 g/mol. The first-order chi connectivity index (χ1) is 9.69. The standard InChI is InChI=1S/C13H21ClFN3O2S/c1-4-9(2)18(3)6-5-17-21(19,20)13-8-12(16)11(15)7-10(13)14/h7-9,17H,4-6,16H2,1-3H3. The number of nitrogens with two attached hydrogens (primary N) is 1. The van der Waals surface area contributed by atoms with E-state index in [1.165, 1.54) is 0 Å². The summed E-state index contributed by atoms with van der Waals surface area (Å²) in [6.07, 6.45) is 0.976. The number of nitrogen functional groups attached to an aromatic ring is 1. The number of sulfonamides is 1. The number of hydrogen-bond donors (Lipinski definition) is 2. The number of likely N-dealkylation sites (N-methyl/N-ethyl adjacent to an activating group) is 1. The van der Waals surface area contributed by atoms with Crippen molar-refractivity contribution < 1.29 is 12.8 Å². The van der Waals surface area contributed by atoms with Gasteiger partial charge in [0, 0.05) is 19.1 Å². The first-order valence-corrected chi connectivity index (χ1v) is 8.49. The fourth-order valence-corrected chi connectivity index (χ4v) is 3.29. The third-order valence-electron chi connectivity index (χ3n) is 3.44. The highest BCUT2D eigenvalue weighted by Gasteiger charge is 2.20. The van der Waals surface area contributed by atoms with E-state index in [1.54, 1.807) is 0 Å². The van der Waals surface area contributed by atoms with Crippen molar-refractivity contribution in [3.8, 4) is 0 Å². The molecule has 0 saturated heterocycles. The van der Waals surface area contributed by atoms with Crippen molar-refractivity contribution in [1.82, 2.24) is 9.62 Å². The molecule has 0 aliphatic heterocycles. The highest BCUT2D eigenvalue weighted by atomic mass is 35.5. The van der Waals surface area contributed by atoms with E-state index in [4.69, 9.17) is 17.3 Å². The SMILES string of the molecule is CCC(C)N(C)CCNS(=O)(=O)c1cc(N)c(F)cc1Cl. The molecule has 0 saturated carbocycles. The zero-order valence-electron chi connectivity index (χ0n) is 12.4. The van der Waals surface area contributed by atoms with Gasteiger partial charge in [0.05, 0.1) is 10.7 Å². The molecule has 0 bridgehead atoms. The Morgan fingerprint density at radius 2 is 2.10 bits per heavy atom. The molecule has 0 fully saturated rings. The third kappa shape index (κ3) is 4.81. The second-order valence-electron chi connectivity index (χ2n) is 4.94. The molecule has 21 heavy (non-hydrogen) atoms. The summed E-state index contributed by atoms with van der Waals surface area (Å²) in [6.45, 7) is 4.91. The number of halogens is 2. The van der Waals surface area contributed by atoms with E-state index in [0.29, 0.717) is 12.6 Å². The summed E-state index contributed by atoms with van der Waals surface area (Å²) in [5.74, 6) is -0.740. The number of benzene rings is 1. The first-order valence-electron chi connectivity index (χ1n) is 6.63. The molecule has 1 aromatic carbocycles. The topological polar surface area (TPSA) is 75.4 Å². The van der Waals surface area contributed by atoms with E-state index in [9.17, 15) is 12.8 Å². The number of rotatable bonds is 7. The van der Waals surface area contributed by atoms with E-state index >= 15 is 0 Å². The Kier molecular flexibility index (Phi) is 6.40. The van der Waals surface area contributed by atoms with Crippen LogP contribution in [0.5, 0.6) is 0 Å². The minimum absolute atomic E-state index is 0.190. The van der Waals surface area contributed by atoms with Crippen LogP contribution >= 0.6 is 11.6 Å². The molecule has 1 unspecified atom stereocenters. The molecule has 3 N–H and O–H groups in total. The fraction of sp³-hybridized carbons (Fsp3) is 0.538. The van der Waals surface area contributed by atoms with Gasteiger partial charge in [0.1, 0.15) is 10.7 Å². The minimum Gasteiger partial charge on any atom is -0.396 e. The van der Waals surface area contributed by atoms with Gasteiger partial charge in [0.2, 0.25) is 10.0 Å². The van der Waals surface area contributed by atoms with Crippen molar-refractivity contribution in [3.05, 3.63) is 23.0 Å². The molecule has 120 valence electrons. The Balaban J connectivity index is 2.77. The van der Waals surface area contributed by atoms with Crippen LogP contribution in [0.25, 0.3) is 0 Å². The lowest BCUT2D eigenvalue weighted by Crippen LogP contribution is -2.37. The normalized spacial score (nSPS) is 13.6. The average Bonchev–Trinajstić information content (AvgIpc) is 2.41. The molecule has 0 aliphatic carbocycles. The molecule has 0 aliphatic rings. The summed E-state index contributed by atoms with van der Waals surface area (Å²) in [6, 6.07) is 2.29. The quantitative estimate of drug-likeness (QED) is 0.747. The van der Waals surface area contributed by atoms with E-state index in [2.05, 4.69) is 18.6 Å². The maximum absolute atomic E-state index is 13.2. The Morgan fingerprint density at radius 3 is 2.67 bits per heavy atom. The fourth-order valence-electron chi connectivity index (χ4n) is 1.72. The van der Waals surface area contributed by atoms with Crippen LogP contribution < -0.4 is 10.5 Å². The Bertz CT molecular complexity index is 595. The zero-order chi connectivity index (χ0) is 16.2. The Morgan fingerprint density at radius 1 is 1.48 bits per heavy atom. The van der Waals surface area contributed by atoms with Gasteiger partial charge >= 0.3 is 0 Å². The van der Waals surface area contributed by atoms with Gasteiger partial charge in [-0.3, -0.25) is 0 Å². The smallest absolute Gasteiger partial charge is 0.242 e. The molecule has 1 aromatic rings. The summed E-state index contributed by atoms with van der Waals surface area (Å²) in [5.41, 5.74) is 5.13. The lowest BCUT2D eigenvalue weighted by atomic mass is 10.2. The highest BCUT2D eigenvalue weighted by molar-refractivity contribution is 7.89. The van der Waals surface area contributed by atoms with Crippen LogP contribution in [0.4, 0.5) is 10.1 Å². The summed E-state index contributed by atoms with van der Waals surface area (Å²) < 4.78 is 39.9. The van der Waals surface area contributed by atoms with E-state index in [-0.39, 0.29) is 22.2 Å². The van der Waals surface area contributed by atoms with Gasteiger partial charge < -0.3 is 10.6 Å². The third-order valence-corrected chi connectivity index (χ3v) is 5.37. The summed E-state index contributed by atoms with van der Waals surface area (Å²) in [5, 5.41) is -0.190. The lowest BCUT2D eigenvalue weighted by molar-refractivity contribution is 0.256. The molecule has 1 atom stereocenters. The average molecular weight is 338 g/mol. The summed E-state index contributed by atoms with van der Waals surface area (Å²) in [4.78, 5) is 1.83. The number of nitrogens with zero attached hydrogens (tertiary/aromatic N) is 1. The van der Waals surface area contributed by atoms with Gasteiger partial charge in [-0.25, -0.2) is 17.5 Å². The van der Waals surface area contributed by atoms with Crippen molar-refractivity contribution in [2.75, 3.05) is 25.9 Å². The summed E-state index contributed by atoms with van der Waals surface area (Å²) in [7, 11) is -1.89. The van der Waals surface area contributed by atoms with Crippen molar-refractivity contribution in [1.29, 1.82) is 0 Å². The van der Waals surface area contributed by atoms with Crippen molar-refractivity contribution >= 4 is 27.3 Å². The largest absolute Gasteiger partial charge is 0.396 e. The van der Waals surface area contributed by atoms with Crippen LogP contribution in [-0.4, -0.2) is 39.5 Å². The Labute approximate surface area is 130 Å². The van der Waals surface area contributed by atoms with Crippen LogP contribution in [0.15, 0.2) is 17.0 Å². The van der Waals surface area contributed by atoms with Gasteiger partial charge in [0.25, 0.3) is 0 Å². The second-order valence-corrected chi connectivity index (χ2v) is 7.08. The number of nitrogens with one attached hydrogen (secondary N) is 1. The van der Waals surface area contributed by atoms with Crippen molar-refractivity contribution in [2.24, 2.45) is 0 Å². The molecule has 0 aromatic heterocycles. The minimum atomic E-state index is -3.81. The molecule has 8 heteroatoms. The zero-order valence-corrected chi connectivity index (χ0v) is 13.9. The van der Waals surface area contributed by atoms with Crippen molar-refractivity contribution in [3.63, 3.8) is 0 Å². The molecular formula is C13H21ClFN3O2S. The summed E-state index contributed by atoms with van der Waals surface area (Å²) >= 11 is 5.78. The maximum atomic E-state index is 13.2. The van der Waals surface area contributed by atoms with E-state index < -0.39 is 15.8 Å². The van der Waals surface area contributed by atoms with Crippen LogP contribution in [0.1, 0.15) is 20.3 Å². The van der Waals surface area contributed by atoms with Gasteiger partial charge in [-0.15, -0.1) is 0 Å². The predicted molar refractivity (Wildman–Crippen MR) is 83.4 cm³/mol. The van der Waals surface area contributed by atoms with Gasteiger partial charge in [-0.1, -0.05) is 18.5 Å². The van der Waals surface area contributed by atoms with Crippen LogP contribution in [-0.2, 0) is 10.0 Å². The van der Waals surface area contributed by atoms with Crippen LogP contribution in [0, 0.1) is 5.82 Å². The van der Waals surface area contributed by atoms with Crippen molar-refractivity contribution in [2.45, 2.75) is 31.2 Å². The molecule has 0 radical (unpaired) electrons. The molecular weight excluding hydrogens is 317 g/mol. The van der Waals surface area contributed by atoms with Crippen LogP contribution in [0.2, 0.25) is 5.02 Å². The molecule has 0 amide bonds. The number of anilines is 1. The maximum Gasteiger partial charge on any atom is 0.242 e. The first kappa shape index (κ1) is 18.2. The van der Waals surface area contributed by atoms with Gasteiger partial charge in [0.15, 0.2) is 0 Å². The highest BCUT2D eigenvalue weighted by Crippen LogP contribution is 2.26. The van der Waals surface area contributed by atoms with Gasteiger partial charge in [-0.05, 0) is 32.5 Å². The van der Waals surface area contributed by atoms with Gasteiger partial charge in [-0.2, -0.15) is 0 Å². The number of hydrogen-bond acceptors (Lipinski definition) is 4. The van der Waals surface area contributed by atoms with Crippen LogP contribution in [0.3, 0.4) is 0 Å². The molecule has 0 spiro atoms.